The highest BCUT2D eigenvalue weighted by atomic mass is 16.7. The van der Waals surface area contributed by atoms with E-state index < -0.39 is 23.7 Å². The number of carboxylic acids is 1. The molecule has 0 saturated carbocycles. The first-order valence-electron chi connectivity index (χ1n) is 9.83. The summed E-state index contributed by atoms with van der Waals surface area (Å²) < 4.78 is 10.8. The van der Waals surface area contributed by atoms with E-state index in [1.165, 1.54) is 4.90 Å². The molecule has 2 aromatic rings. The quantitative estimate of drug-likeness (QED) is 0.417. The van der Waals surface area contributed by atoms with E-state index in [0.717, 1.165) is 5.56 Å². The van der Waals surface area contributed by atoms with Crippen molar-refractivity contribution in [3.63, 3.8) is 0 Å². The van der Waals surface area contributed by atoms with Crippen LogP contribution in [0.3, 0.4) is 0 Å². The van der Waals surface area contributed by atoms with Crippen molar-refractivity contribution < 1.29 is 34.1 Å². The number of amides is 1. The predicted molar refractivity (Wildman–Crippen MR) is 110 cm³/mol. The summed E-state index contributed by atoms with van der Waals surface area (Å²) in [5, 5.41) is 19.9. The zero-order valence-corrected chi connectivity index (χ0v) is 16.8. The van der Waals surface area contributed by atoms with Crippen LogP contribution in [0.5, 0.6) is 11.5 Å². The van der Waals surface area contributed by atoms with E-state index in [-0.39, 0.29) is 37.5 Å². The normalized spacial score (nSPS) is 19.1. The highest BCUT2D eigenvalue weighted by Crippen LogP contribution is 2.43. The molecule has 0 aliphatic carbocycles. The van der Waals surface area contributed by atoms with Gasteiger partial charge in [-0.3, -0.25) is 14.4 Å². The molecule has 2 aliphatic heterocycles. The summed E-state index contributed by atoms with van der Waals surface area (Å²) in [4.78, 5) is 38.0. The van der Waals surface area contributed by atoms with E-state index in [1.54, 1.807) is 42.5 Å². The van der Waals surface area contributed by atoms with Crippen molar-refractivity contribution in [2.45, 2.75) is 25.8 Å². The molecule has 2 heterocycles. The van der Waals surface area contributed by atoms with E-state index in [2.05, 4.69) is 0 Å². The molecule has 1 unspecified atom stereocenters. The Kier molecular flexibility index (Phi) is 5.37. The first kappa shape index (κ1) is 20.5. The van der Waals surface area contributed by atoms with Gasteiger partial charge in [-0.25, -0.2) is 0 Å². The molecule has 160 valence electrons. The summed E-state index contributed by atoms with van der Waals surface area (Å²) in [6.07, 6.45) is 0.0306. The molecule has 1 atom stereocenters. The van der Waals surface area contributed by atoms with Crippen LogP contribution in [0.2, 0.25) is 0 Å². The van der Waals surface area contributed by atoms with Crippen molar-refractivity contribution in [1.82, 2.24) is 4.90 Å². The number of ether oxygens (including phenoxy) is 2. The van der Waals surface area contributed by atoms with Gasteiger partial charge in [0.25, 0.3) is 11.7 Å². The first-order chi connectivity index (χ1) is 14.9. The van der Waals surface area contributed by atoms with Crippen molar-refractivity contribution in [3.8, 4) is 11.5 Å². The third-order valence-corrected chi connectivity index (χ3v) is 5.37. The van der Waals surface area contributed by atoms with Crippen LogP contribution in [-0.2, 0) is 14.4 Å². The number of rotatable bonds is 6. The Labute approximate surface area is 178 Å². The van der Waals surface area contributed by atoms with Gasteiger partial charge in [0.1, 0.15) is 5.76 Å². The summed E-state index contributed by atoms with van der Waals surface area (Å²) in [6, 6.07) is 11.1. The molecule has 4 rings (SSSR count). The number of hydrogen-bond acceptors (Lipinski definition) is 6. The molecular weight excluding hydrogens is 402 g/mol. The second kappa shape index (κ2) is 8.14. The van der Waals surface area contributed by atoms with Gasteiger partial charge in [-0.05, 0) is 31.0 Å². The largest absolute Gasteiger partial charge is 0.507 e. The summed E-state index contributed by atoms with van der Waals surface area (Å²) >= 11 is 0. The molecule has 0 spiro atoms. The van der Waals surface area contributed by atoms with E-state index in [0.29, 0.717) is 22.6 Å². The molecule has 1 fully saturated rings. The average molecular weight is 423 g/mol. The summed E-state index contributed by atoms with van der Waals surface area (Å²) in [5.74, 6) is -1.83. The fourth-order valence-electron chi connectivity index (χ4n) is 3.81. The van der Waals surface area contributed by atoms with Gasteiger partial charge in [-0.15, -0.1) is 0 Å². The first-order valence-corrected chi connectivity index (χ1v) is 9.83. The number of aliphatic hydroxyl groups excluding tert-OH is 1. The number of Topliss-reactive ketones (excluding diaryl/α,β-unsaturated/α-hetero) is 1. The Morgan fingerprint density at radius 3 is 2.48 bits per heavy atom. The number of aryl methyl sites for hydroxylation is 1. The standard InChI is InChI=1S/C23H21NO7/c1-13-4-6-14(7-5-13)21(27)19-20(15-8-9-16-17(11-15)31-12-30-16)24(23(29)22(19)28)10-2-3-18(25)26/h4-9,11,20,27H,2-3,10,12H2,1H3,(H,25,26)/b21-19+. The fourth-order valence-corrected chi connectivity index (χ4v) is 3.81. The minimum atomic E-state index is -0.990. The third kappa shape index (κ3) is 3.84. The van der Waals surface area contributed by atoms with Gasteiger partial charge >= 0.3 is 5.97 Å². The molecule has 31 heavy (non-hydrogen) atoms. The van der Waals surface area contributed by atoms with Crippen LogP contribution in [0.4, 0.5) is 0 Å². The van der Waals surface area contributed by atoms with Crippen LogP contribution < -0.4 is 9.47 Å². The topological polar surface area (TPSA) is 113 Å². The Balaban J connectivity index is 1.80. The molecule has 2 N–H and O–H groups in total. The second-order valence-electron chi connectivity index (χ2n) is 7.47. The summed E-state index contributed by atoms with van der Waals surface area (Å²) in [6.45, 7) is 2.03. The van der Waals surface area contributed by atoms with Crippen LogP contribution in [0.25, 0.3) is 5.76 Å². The van der Waals surface area contributed by atoms with Crippen LogP contribution in [-0.4, -0.2) is 46.1 Å². The monoisotopic (exact) mass is 423 g/mol. The van der Waals surface area contributed by atoms with E-state index >= 15 is 0 Å². The van der Waals surface area contributed by atoms with Crippen LogP contribution in [0.1, 0.15) is 35.6 Å². The maximum absolute atomic E-state index is 12.9. The lowest BCUT2D eigenvalue weighted by molar-refractivity contribution is -0.140. The minimum absolute atomic E-state index is 0.0388. The number of ketones is 1. The number of nitrogens with zero attached hydrogens (tertiary/aromatic N) is 1. The lowest BCUT2D eigenvalue weighted by atomic mass is 9.94. The molecule has 0 aromatic heterocycles. The number of carbonyl (C=O) groups is 3. The number of benzene rings is 2. The SMILES string of the molecule is Cc1ccc(/C(O)=C2\C(=O)C(=O)N(CCCC(=O)O)C2c2ccc3c(c2)OCO3)cc1. The van der Waals surface area contributed by atoms with Gasteiger partial charge in [0, 0.05) is 18.5 Å². The predicted octanol–water partition coefficient (Wildman–Crippen LogP) is 3.01. The van der Waals surface area contributed by atoms with Gasteiger partial charge in [0.15, 0.2) is 11.5 Å². The van der Waals surface area contributed by atoms with Crippen molar-refractivity contribution in [2.24, 2.45) is 0 Å². The number of likely N-dealkylation sites (tertiary alicyclic amines) is 1. The molecule has 8 heteroatoms. The molecule has 1 saturated heterocycles. The Bertz CT molecular complexity index is 1090. The fraction of sp³-hybridized carbons (Fsp3) is 0.261. The number of hydrogen-bond donors (Lipinski definition) is 2. The zero-order valence-electron chi connectivity index (χ0n) is 16.8. The van der Waals surface area contributed by atoms with Crippen LogP contribution in [0, 0.1) is 6.92 Å². The number of carboxylic acid groups (broad SMARTS) is 1. The maximum Gasteiger partial charge on any atom is 0.303 e. The molecule has 0 bridgehead atoms. The Morgan fingerprint density at radius 1 is 1.06 bits per heavy atom. The second-order valence-corrected chi connectivity index (χ2v) is 7.47. The van der Waals surface area contributed by atoms with Gasteiger partial charge in [-0.1, -0.05) is 35.9 Å². The van der Waals surface area contributed by atoms with Crippen molar-refractivity contribution >= 4 is 23.4 Å². The van der Waals surface area contributed by atoms with Gasteiger partial charge in [-0.2, -0.15) is 0 Å². The Morgan fingerprint density at radius 2 is 1.77 bits per heavy atom. The van der Waals surface area contributed by atoms with Gasteiger partial charge < -0.3 is 24.6 Å². The van der Waals surface area contributed by atoms with Gasteiger partial charge in [0.05, 0.1) is 11.6 Å². The highest BCUT2D eigenvalue weighted by molar-refractivity contribution is 6.46. The molecule has 2 aliphatic rings. The van der Waals surface area contributed by atoms with Gasteiger partial charge in [0.2, 0.25) is 6.79 Å². The number of fused-ring (bicyclic) bond motifs is 1. The maximum atomic E-state index is 12.9. The minimum Gasteiger partial charge on any atom is -0.507 e. The molecule has 0 radical (unpaired) electrons. The lowest BCUT2D eigenvalue weighted by Gasteiger charge is -2.25. The molecule has 8 nitrogen and oxygen atoms in total. The van der Waals surface area contributed by atoms with Crippen LogP contribution >= 0.6 is 0 Å². The van der Waals surface area contributed by atoms with Crippen molar-refractivity contribution in [3.05, 3.63) is 64.7 Å². The molecular formula is C23H21NO7. The number of aliphatic hydroxyl groups is 1. The van der Waals surface area contributed by atoms with Crippen molar-refractivity contribution in [1.29, 1.82) is 0 Å². The third-order valence-electron chi connectivity index (χ3n) is 5.37. The average Bonchev–Trinajstić information content (AvgIpc) is 3.31. The van der Waals surface area contributed by atoms with E-state index in [9.17, 15) is 19.5 Å². The van der Waals surface area contributed by atoms with Crippen LogP contribution in [0.15, 0.2) is 48.0 Å². The smallest absolute Gasteiger partial charge is 0.303 e. The van der Waals surface area contributed by atoms with E-state index in [1.807, 2.05) is 6.92 Å². The lowest BCUT2D eigenvalue weighted by Crippen LogP contribution is -2.31. The zero-order chi connectivity index (χ0) is 22.1. The molecule has 1 amide bonds. The number of carbonyl (C=O) groups excluding carboxylic acids is 2. The molecule has 2 aromatic carbocycles. The summed E-state index contributed by atoms with van der Waals surface area (Å²) in [5.41, 5.74) is 1.92. The number of aliphatic carboxylic acids is 1. The summed E-state index contributed by atoms with van der Waals surface area (Å²) in [7, 11) is 0. The highest BCUT2D eigenvalue weighted by Gasteiger charge is 2.46. The van der Waals surface area contributed by atoms with Crippen molar-refractivity contribution in [2.75, 3.05) is 13.3 Å². The van der Waals surface area contributed by atoms with E-state index in [4.69, 9.17) is 14.6 Å². The Hall–Kier alpha value is -3.81.